The van der Waals surface area contributed by atoms with E-state index in [1.807, 2.05) is 0 Å². The van der Waals surface area contributed by atoms with Gasteiger partial charge in [0.2, 0.25) is 0 Å². The first-order chi connectivity index (χ1) is 9.50. The van der Waals surface area contributed by atoms with Crippen molar-refractivity contribution in [2.24, 2.45) is 0 Å². The fourth-order valence-electron chi connectivity index (χ4n) is 1.94. The number of carboxylic acids is 2. The second kappa shape index (κ2) is 5.48. The van der Waals surface area contributed by atoms with Crippen LogP contribution in [0.1, 0.15) is 31.8 Å². The van der Waals surface area contributed by atoms with Crippen molar-refractivity contribution in [3.8, 4) is 0 Å². The number of hydrogen-bond acceptors (Lipinski definition) is 3. The van der Waals surface area contributed by atoms with Crippen LogP contribution >= 0.6 is 0 Å². The molecule has 102 valence electrons. The van der Waals surface area contributed by atoms with Gasteiger partial charge in [0.05, 0.1) is 11.1 Å². The molecule has 0 saturated heterocycles. The van der Waals surface area contributed by atoms with E-state index < -0.39 is 23.3 Å². The molecule has 0 spiro atoms. The first-order valence-electron chi connectivity index (χ1n) is 5.67. The molecular formula is C14H10FNO4. The predicted molar refractivity (Wildman–Crippen MR) is 67.4 cm³/mol. The molecule has 0 amide bonds. The summed E-state index contributed by atoms with van der Waals surface area (Å²) in [5, 5.41) is 18.2. The van der Waals surface area contributed by atoms with Gasteiger partial charge in [0.15, 0.2) is 0 Å². The molecule has 0 aliphatic carbocycles. The summed E-state index contributed by atoms with van der Waals surface area (Å²) < 4.78 is 13.7. The number of nitrogens with zero attached hydrogens (tertiary/aromatic N) is 1. The average Bonchev–Trinajstić information content (AvgIpc) is 2.39. The summed E-state index contributed by atoms with van der Waals surface area (Å²) in [5.74, 6) is -3.75. The van der Waals surface area contributed by atoms with Crippen molar-refractivity contribution < 1.29 is 24.2 Å². The summed E-state index contributed by atoms with van der Waals surface area (Å²) in [6, 6.07) is 5.21. The Morgan fingerprint density at radius 3 is 2.45 bits per heavy atom. The van der Waals surface area contributed by atoms with Gasteiger partial charge in [-0.2, -0.15) is 0 Å². The first-order valence-corrected chi connectivity index (χ1v) is 5.67. The van der Waals surface area contributed by atoms with E-state index in [-0.39, 0.29) is 17.5 Å². The number of aromatic carboxylic acids is 2. The maximum Gasteiger partial charge on any atom is 0.339 e. The summed E-state index contributed by atoms with van der Waals surface area (Å²) in [6.07, 6.45) is 2.99. The van der Waals surface area contributed by atoms with E-state index in [9.17, 15) is 14.0 Å². The fourth-order valence-corrected chi connectivity index (χ4v) is 1.94. The molecule has 0 fully saturated rings. The van der Waals surface area contributed by atoms with Gasteiger partial charge in [-0.25, -0.2) is 14.0 Å². The van der Waals surface area contributed by atoms with E-state index >= 15 is 0 Å². The van der Waals surface area contributed by atoms with E-state index in [1.54, 1.807) is 12.1 Å². The van der Waals surface area contributed by atoms with Crippen LogP contribution in [0.2, 0.25) is 0 Å². The molecule has 0 saturated carbocycles. The lowest BCUT2D eigenvalue weighted by molar-refractivity contribution is 0.0690. The smallest absolute Gasteiger partial charge is 0.339 e. The topological polar surface area (TPSA) is 87.5 Å². The lowest BCUT2D eigenvalue weighted by Gasteiger charge is -2.10. The van der Waals surface area contributed by atoms with Crippen molar-refractivity contribution in [2.45, 2.75) is 6.42 Å². The Hall–Kier alpha value is -2.76. The van der Waals surface area contributed by atoms with Gasteiger partial charge in [0.1, 0.15) is 5.82 Å². The van der Waals surface area contributed by atoms with Gasteiger partial charge in [-0.3, -0.25) is 4.98 Å². The third kappa shape index (κ3) is 2.64. The van der Waals surface area contributed by atoms with E-state index in [0.29, 0.717) is 5.56 Å². The molecule has 0 aliphatic rings. The second-order valence-corrected chi connectivity index (χ2v) is 4.10. The molecule has 1 heterocycles. The SMILES string of the molecule is O=C(O)c1ccc(F)c(C(=O)O)c1Cc1cccnc1. The minimum absolute atomic E-state index is 0.0190. The van der Waals surface area contributed by atoms with Crippen LogP contribution < -0.4 is 0 Å². The molecule has 2 aromatic rings. The van der Waals surface area contributed by atoms with Gasteiger partial charge in [-0.15, -0.1) is 0 Å². The second-order valence-electron chi connectivity index (χ2n) is 4.10. The minimum Gasteiger partial charge on any atom is -0.478 e. The molecular weight excluding hydrogens is 265 g/mol. The van der Waals surface area contributed by atoms with Gasteiger partial charge >= 0.3 is 11.9 Å². The molecule has 0 atom stereocenters. The number of benzene rings is 1. The van der Waals surface area contributed by atoms with Crippen molar-refractivity contribution in [3.05, 3.63) is 64.7 Å². The third-order valence-electron chi connectivity index (χ3n) is 2.81. The Kier molecular flexibility index (Phi) is 3.74. The fraction of sp³-hybridized carbons (Fsp3) is 0.0714. The Bertz CT molecular complexity index is 670. The average molecular weight is 275 g/mol. The molecule has 2 rings (SSSR count). The number of aromatic nitrogens is 1. The van der Waals surface area contributed by atoms with E-state index in [2.05, 4.69) is 4.98 Å². The Morgan fingerprint density at radius 2 is 1.90 bits per heavy atom. The third-order valence-corrected chi connectivity index (χ3v) is 2.81. The molecule has 5 nitrogen and oxygen atoms in total. The van der Waals surface area contributed by atoms with Crippen LogP contribution in [0.5, 0.6) is 0 Å². The summed E-state index contributed by atoms with van der Waals surface area (Å²) in [7, 11) is 0. The summed E-state index contributed by atoms with van der Waals surface area (Å²) in [6.45, 7) is 0. The van der Waals surface area contributed by atoms with E-state index in [0.717, 1.165) is 12.1 Å². The zero-order valence-electron chi connectivity index (χ0n) is 10.2. The van der Waals surface area contributed by atoms with Gasteiger partial charge in [0, 0.05) is 18.8 Å². The highest BCUT2D eigenvalue weighted by molar-refractivity contribution is 5.97. The van der Waals surface area contributed by atoms with Crippen molar-refractivity contribution >= 4 is 11.9 Å². The summed E-state index contributed by atoms with van der Waals surface area (Å²) >= 11 is 0. The maximum absolute atomic E-state index is 13.7. The monoisotopic (exact) mass is 275 g/mol. The highest BCUT2D eigenvalue weighted by atomic mass is 19.1. The normalized spacial score (nSPS) is 10.2. The molecule has 0 bridgehead atoms. The van der Waals surface area contributed by atoms with E-state index in [1.165, 1.54) is 12.4 Å². The zero-order valence-corrected chi connectivity index (χ0v) is 10.2. The highest BCUT2D eigenvalue weighted by Gasteiger charge is 2.22. The lowest BCUT2D eigenvalue weighted by atomic mass is 9.95. The van der Waals surface area contributed by atoms with Crippen LogP contribution in [0.3, 0.4) is 0 Å². The highest BCUT2D eigenvalue weighted by Crippen LogP contribution is 2.22. The van der Waals surface area contributed by atoms with Crippen molar-refractivity contribution in [1.29, 1.82) is 0 Å². The van der Waals surface area contributed by atoms with Crippen molar-refractivity contribution in [3.63, 3.8) is 0 Å². The quantitative estimate of drug-likeness (QED) is 0.893. The lowest BCUT2D eigenvalue weighted by Crippen LogP contribution is -2.13. The Balaban J connectivity index is 2.61. The van der Waals surface area contributed by atoms with Gasteiger partial charge in [-0.1, -0.05) is 6.07 Å². The minimum atomic E-state index is -1.50. The van der Waals surface area contributed by atoms with Crippen LogP contribution in [0.15, 0.2) is 36.7 Å². The number of hydrogen-bond donors (Lipinski definition) is 2. The standard InChI is InChI=1S/C14H10FNO4/c15-11-4-3-9(13(17)18)10(12(11)14(19)20)6-8-2-1-5-16-7-8/h1-5,7H,6H2,(H,17,18)(H,19,20). The molecule has 0 radical (unpaired) electrons. The molecule has 0 aliphatic heterocycles. The number of halogens is 1. The van der Waals surface area contributed by atoms with Crippen molar-refractivity contribution in [2.75, 3.05) is 0 Å². The van der Waals surface area contributed by atoms with Crippen molar-refractivity contribution in [1.82, 2.24) is 4.98 Å². The molecule has 1 aromatic heterocycles. The first kappa shape index (κ1) is 13.7. The summed E-state index contributed by atoms with van der Waals surface area (Å²) in [4.78, 5) is 26.2. The number of pyridine rings is 1. The molecule has 0 unspecified atom stereocenters. The largest absolute Gasteiger partial charge is 0.478 e. The van der Waals surface area contributed by atoms with Crippen LogP contribution in [-0.4, -0.2) is 27.1 Å². The maximum atomic E-state index is 13.7. The van der Waals surface area contributed by atoms with Crippen LogP contribution in [0, 0.1) is 5.82 Å². The number of carboxylic acid groups (broad SMARTS) is 2. The summed E-state index contributed by atoms with van der Waals surface area (Å²) in [5.41, 5.74) is -0.317. The Labute approximate surface area is 113 Å². The number of rotatable bonds is 4. The number of carbonyl (C=O) groups is 2. The van der Waals surface area contributed by atoms with Crippen LogP contribution in [0.4, 0.5) is 4.39 Å². The van der Waals surface area contributed by atoms with Crippen LogP contribution in [-0.2, 0) is 6.42 Å². The predicted octanol–water partition coefficient (Wildman–Crippen LogP) is 2.21. The molecule has 20 heavy (non-hydrogen) atoms. The van der Waals surface area contributed by atoms with Gasteiger partial charge in [-0.05, 0) is 29.3 Å². The van der Waals surface area contributed by atoms with Crippen LogP contribution in [0.25, 0.3) is 0 Å². The van der Waals surface area contributed by atoms with Gasteiger partial charge < -0.3 is 10.2 Å². The molecule has 1 aromatic carbocycles. The molecule has 2 N–H and O–H groups in total. The van der Waals surface area contributed by atoms with Gasteiger partial charge in [0.25, 0.3) is 0 Å². The van der Waals surface area contributed by atoms with E-state index in [4.69, 9.17) is 10.2 Å². The Morgan fingerprint density at radius 1 is 1.15 bits per heavy atom. The zero-order chi connectivity index (χ0) is 14.7. The molecule has 6 heteroatoms.